The van der Waals surface area contributed by atoms with Crippen LogP contribution >= 0.6 is 11.3 Å². The highest BCUT2D eigenvalue weighted by molar-refractivity contribution is 7.94. The zero-order valence-corrected chi connectivity index (χ0v) is 18.9. The summed E-state index contributed by atoms with van der Waals surface area (Å²) in [5.41, 5.74) is 3.06. The second-order valence-electron chi connectivity index (χ2n) is 7.64. The number of sulfone groups is 1. The van der Waals surface area contributed by atoms with E-state index in [-0.39, 0.29) is 27.8 Å². The fourth-order valence-corrected chi connectivity index (χ4v) is 8.11. The minimum atomic E-state index is -3.93. The van der Waals surface area contributed by atoms with Crippen molar-refractivity contribution in [2.45, 2.75) is 29.1 Å². The lowest BCUT2D eigenvalue weighted by atomic mass is 10.1. The number of benzene rings is 2. The van der Waals surface area contributed by atoms with Gasteiger partial charge in [0.05, 0.1) is 21.2 Å². The van der Waals surface area contributed by atoms with Crippen molar-refractivity contribution in [1.82, 2.24) is 0 Å². The van der Waals surface area contributed by atoms with Crippen molar-refractivity contribution in [3.63, 3.8) is 0 Å². The summed E-state index contributed by atoms with van der Waals surface area (Å²) >= 11 is 1.28. The lowest BCUT2D eigenvalue weighted by Crippen LogP contribution is -2.39. The molecule has 0 fully saturated rings. The van der Waals surface area contributed by atoms with Gasteiger partial charge in [0.25, 0.3) is 10.0 Å². The SMILES string of the molecule is N#Cc1ccc(-c2ccc3c(c2)N(S(=O)(=O)c2ccc4c(c2)CCC4)CCS3(=O)=O)s1. The van der Waals surface area contributed by atoms with Crippen LogP contribution in [-0.2, 0) is 32.7 Å². The fraction of sp³-hybridized carbons (Fsp3) is 0.227. The van der Waals surface area contributed by atoms with Crippen LogP contribution in [0, 0.1) is 11.3 Å². The molecule has 2 heterocycles. The molecule has 1 aliphatic carbocycles. The molecule has 0 bridgehead atoms. The summed E-state index contributed by atoms with van der Waals surface area (Å²) in [5, 5.41) is 9.09. The van der Waals surface area contributed by atoms with Crippen molar-refractivity contribution in [3.05, 3.63) is 64.5 Å². The van der Waals surface area contributed by atoms with Crippen LogP contribution in [0.1, 0.15) is 22.4 Å². The fourth-order valence-electron chi connectivity index (χ4n) is 4.20. The first kappa shape index (κ1) is 20.2. The summed E-state index contributed by atoms with van der Waals surface area (Å²) in [6.07, 6.45) is 2.82. The molecule has 0 N–H and O–H groups in total. The molecular formula is C22H18N2O4S3. The number of hydrogen-bond acceptors (Lipinski definition) is 6. The number of thiophene rings is 1. The second kappa shape index (κ2) is 7.19. The van der Waals surface area contributed by atoms with Crippen molar-refractivity contribution in [1.29, 1.82) is 5.26 Å². The topological polar surface area (TPSA) is 95.3 Å². The number of fused-ring (bicyclic) bond motifs is 2. The predicted octanol–water partition coefficient (Wildman–Crippen LogP) is 3.76. The highest BCUT2D eigenvalue weighted by Gasteiger charge is 2.36. The molecule has 1 aromatic heterocycles. The van der Waals surface area contributed by atoms with E-state index in [1.165, 1.54) is 27.3 Å². The van der Waals surface area contributed by atoms with Gasteiger partial charge in [-0.2, -0.15) is 5.26 Å². The molecule has 3 aromatic rings. The van der Waals surface area contributed by atoms with Crippen LogP contribution in [0.2, 0.25) is 0 Å². The first-order valence-corrected chi connectivity index (χ1v) is 13.7. The van der Waals surface area contributed by atoms with Gasteiger partial charge in [0.15, 0.2) is 9.84 Å². The van der Waals surface area contributed by atoms with Gasteiger partial charge in [-0.25, -0.2) is 16.8 Å². The normalized spacial score (nSPS) is 17.1. The number of hydrogen-bond donors (Lipinski definition) is 0. The summed E-state index contributed by atoms with van der Waals surface area (Å²) < 4.78 is 53.7. The van der Waals surface area contributed by atoms with E-state index in [1.807, 2.05) is 6.07 Å². The number of rotatable bonds is 3. The molecule has 0 saturated heterocycles. The van der Waals surface area contributed by atoms with Gasteiger partial charge >= 0.3 is 0 Å². The summed E-state index contributed by atoms with van der Waals surface area (Å²) in [5.74, 6) is -0.263. The maximum absolute atomic E-state index is 13.5. The predicted molar refractivity (Wildman–Crippen MR) is 120 cm³/mol. The molecule has 0 saturated carbocycles. The van der Waals surface area contributed by atoms with Crippen molar-refractivity contribution in [3.8, 4) is 16.5 Å². The molecule has 9 heteroatoms. The van der Waals surface area contributed by atoms with Crippen LogP contribution in [-0.4, -0.2) is 29.1 Å². The lowest BCUT2D eigenvalue weighted by Gasteiger charge is -2.30. The molecular weight excluding hydrogens is 452 g/mol. The van der Waals surface area contributed by atoms with Crippen LogP contribution in [0.3, 0.4) is 0 Å². The third kappa shape index (κ3) is 3.35. The summed E-state index contributed by atoms with van der Waals surface area (Å²) in [6, 6.07) is 15.5. The number of nitriles is 1. The van der Waals surface area contributed by atoms with Crippen LogP contribution < -0.4 is 4.31 Å². The average Bonchev–Trinajstić information content (AvgIpc) is 3.42. The molecule has 6 nitrogen and oxygen atoms in total. The largest absolute Gasteiger partial charge is 0.264 e. The Labute approximate surface area is 185 Å². The van der Waals surface area contributed by atoms with E-state index in [0.29, 0.717) is 10.4 Å². The maximum atomic E-state index is 13.5. The molecule has 0 atom stereocenters. The van der Waals surface area contributed by atoms with Crippen molar-refractivity contribution in [2.24, 2.45) is 0 Å². The minimum absolute atomic E-state index is 0.0179. The van der Waals surface area contributed by atoms with E-state index >= 15 is 0 Å². The van der Waals surface area contributed by atoms with Crippen molar-refractivity contribution < 1.29 is 16.8 Å². The summed E-state index contributed by atoms with van der Waals surface area (Å²) in [6.45, 7) is -0.133. The van der Waals surface area contributed by atoms with Gasteiger partial charge in [-0.1, -0.05) is 12.1 Å². The Hall–Kier alpha value is -2.67. The van der Waals surface area contributed by atoms with E-state index in [2.05, 4.69) is 6.07 Å². The van der Waals surface area contributed by atoms with Gasteiger partial charge in [-0.15, -0.1) is 11.3 Å². The summed E-state index contributed by atoms with van der Waals surface area (Å²) in [4.78, 5) is 1.51. The molecule has 2 aromatic carbocycles. The molecule has 0 amide bonds. The monoisotopic (exact) mass is 470 g/mol. The third-order valence-electron chi connectivity index (χ3n) is 5.78. The second-order valence-corrected chi connectivity index (χ2v) is 12.7. The number of aryl methyl sites for hydroxylation is 2. The first-order valence-electron chi connectivity index (χ1n) is 9.81. The van der Waals surface area contributed by atoms with E-state index in [0.717, 1.165) is 29.7 Å². The lowest BCUT2D eigenvalue weighted by molar-refractivity contribution is 0.583. The molecule has 158 valence electrons. The Balaban J connectivity index is 1.64. The smallest absolute Gasteiger partial charge is 0.264 e. The highest BCUT2D eigenvalue weighted by atomic mass is 32.2. The molecule has 0 unspecified atom stereocenters. The molecule has 2 aliphatic rings. The van der Waals surface area contributed by atoms with E-state index in [1.54, 1.807) is 36.4 Å². The Morgan fingerprint density at radius 3 is 2.58 bits per heavy atom. The average molecular weight is 471 g/mol. The Bertz CT molecular complexity index is 1460. The van der Waals surface area contributed by atoms with Crippen LogP contribution in [0.25, 0.3) is 10.4 Å². The quantitative estimate of drug-likeness (QED) is 0.581. The number of anilines is 1. The van der Waals surface area contributed by atoms with Crippen molar-refractivity contribution in [2.75, 3.05) is 16.6 Å². The van der Waals surface area contributed by atoms with Gasteiger partial charge in [0, 0.05) is 11.4 Å². The molecule has 5 rings (SSSR count). The molecule has 0 spiro atoms. The van der Waals surface area contributed by atoms with E-state index < -0.39 is 19.9 Å². The van der Waals surface area contributed by atoms with Crippen molar-refractivity contribution >= 4 is 36.9 Å². The van der Waals surface area contributed by atoms with Gasteiger partial charge in [0.2, 0.25) is 0 Å². The number of sulfonamides is 1. The van der Waals surface area contributed by atoms with Gasteiger partial charge in [-0.05, 0) is 72.4 Å². The van der Waals surface area contributed by atoms with Gasteiger partial charge < -0.3 is 0 Å². The maximum Gasteiger partial charge on any atom is 0.264 e. The van der Waals surface area contributed by atoms with Crippen LogP contribution in [0.15, 0.2) is 58.3 Å². The minimum Gasteiger partial charge on any atom is -0.264 e. The van der Waals surface area contributed by atoms with Crippen LogP contribution in [0.4, 0.5) is 5.69 Å². The molecule has 0 radical (unpaired) electrons. The first-order chi connectivity index (χ1) is 14.8. The Morgan fingerprint density at radius 2 is 1.81 bits per heavy atom. The van der Waals surface area contributed by atoms with Gasteiger partial charge in [0.1, 0.15) is 10.9 Å². The third-order valence-corrected chi connectivity index (χ3v) is 10.4. The highest BCUT2D eigenvalue weighted by Crippen LogP contribution is 2.39. The van der Waals surface area contributed by atoms with Gasteiger partial charge in [-0.3, -0.25) is 4.31 Å². The van der Waals surface area contributed by atoms with E-state index in [4.69, 9.17) is 5.26 Å². The van der Waals surface area contributed by atoms with E-state index in [9.17, 15) is 16.8 Å². The zero-order valence-electron chi connectivity index (χ0n) is 16.4. The molecule has 1 aliphatic heterocycles. The Kier molecular flexibility index (Phi) is 4.70. The van der Waals surface area contributed by atoms with Crippen LogP contribution in [0.5, 0.6) is 0 Å². The Morgan fingerprint density at radius 1 is 1.00 bits per heavy atom. The molecule has 31 heavy (non-hydrogen) atoms. The summed E-state index contributed by atoms with van der Waals surface area (Å²) in [7, 11) is -7.51. The zero-order chi connectivity index (χ0) is 21.8. The number of nitrogens with zero attached hydrogens (tertiary/aromatic N) is 2. The standard InChI is InChI=1S/C22H18N2O4S3/c23-14-18-6-8-21(29-18)17-5-9-22-20(13-17)24(10-11-30(22,25)26)31(27,28)19-7-4-15-2-1-3-16(15)12-19/h4-9,12-13H,1-3,10-11H2.